The SMILES string of the molecule is Cc1cccc(N=NN)c1C(=O)N(N)c1ccccc1. The highest BCUT2D eigenvalue weighted by molar-refractivity contribution is 6.09. The fourth-order valence-electron chi connectivity index (χ4n) is 1.90. The van der Waals surface area contributed by atoms with Gasteiger partial charge in [-0.2, -0.15) is 0 Å². The smallest absolute Gasteiger partial charge is 0.274 e. The van der Waals surface area contributed by atoms with Crippen LogP contribution in [-0.4, -0.2) is 5.91 Å². The van der Waals surface area contributed by atoms with Crippen LogP contribution >= 0.6 is 0 Å². The van der Waals surface area contributed by atoms with E-state index in [-0.39, 0.29) is 5.91 Å². The van der Waals surface area contributed by atoms with Crippen molar-refractivity contribution in [1.29, 1.82) is 0 Å². The van der Waals surface area contributed by atoms with Crippen LogP contribution in [0.15, 0.2) is 58.9 Å². The molecule has 0 aliphatic carbocycles. The number of anilines is 1. The number of carbonyl (C=O) groups excluding carboxylic acids is 1. The number of amides is 1. The van der Waals surface area contributed by atoms with E-state index in [1.54, 1.807) is 36.4 Å². The number of nitrogens with zero attached hydrogens (tertiary/aromatic N) is 3. The van der Waals surface area contributed by atoms with Gasteiger partial charge in [0.15, 0.2) is 0 Å². The molecule has 0 saturated carbocycles. The molecule has 0 bridgehead atoms. The molecule has 6 heteroatoms. The molecule has 0 radical (unpaired) electrons. The molecule has 0 heterocycles. The fraction of sp³-hybridized carbons (Fsp3) is 0.0714. The Morgan fingerprint density at radius 3 is 2.45 bits per heavy atom. The molecule has 0 fully saturated rings. The first-order valence-electron chi connectivity index (χ1n) is 6.00. The zero-order chi connectivity index (χ0) is 14.5. The first-order chi connectivity index (χ1) is 9.65. The highest BCUT2D eigenvalue weighted by Crippen LogP contribution is 2.25. The number of nitrogens with two attached hydrogens (primary N) is 2. The molecular formula is C14H15N5O. The van der Waals surface area contributed by atoms with E-state index < -0.39 is 0 Å². The van der Waals surface area contributed by atoms with E-state index in [1.807, 2.05) is 19.1 Å². The summed E-state index contributed by atoms with van der Waals surface area (Å²) >= 11 is 0. The van der Waals surface area contributed by atoms with E-state index in [2.05, 4.69) is 10.3 Å². The van der Waals surface area contributed by atoms with E-state index in [9.17, 15) is 4.79 Å². The van der Waals surface area contributed by atoms with Gasteiger partial charge in [0.25, 0.3) is 5.91 Å². The van der Waals surface area contributed by atoms with E-state index in [0.717, 1.165) is 10.6 Å². The van der Waals surface area contributed by atoms with Crippen molar-refractivity contribution in [3.8, 4) is 0 Å². The van der Waals surface area contributed by atoms with Gasteiger partial charge in [0.1, 0.15) is 5.69 Å². The van der Waals surface area contributed by atoms with Gasteiger partial charge in [-0.05, 0) is 30.7 Å². The van der Waals surface area contributed by atoms with Gasteiger partial charge in [-0.3, -0.25) is 4.79 Å². The lowest BCUT2D eigenvalue weighted by Gasteiger charge is -2.18. The van der Waals surface area contributed by atoms with Gasteiger partial charge in [0, 0.05) is 0 Å². The van der Waals surface area contributed by atoms with E-state index in [1.165, 1.54) is 0 Å². The Kier molecular flexibility index (Phi) is 4.07. The molecule has 2 aromatic rings. The van der Waals surface area contributed by atoms with Gasteiger partial charge in [0.05, 0.1) is 11.3 Å². The van der Waals surface area contributed by atoms with E-state index in [4.69, 9.17) is 11.7 Å². The Morgan fingerprint density at radius 1 is 1.10 bits per heavy atom. The summed E-state index contributed by atoms with van der Waals surface area (Å²) in [7, 11) is 0. The second-order valence-electron chi connectivity index (χ2n) is 4.20. The first-order valence-corrected chi connectivity index (χ1v) is 6.00. The average Bonchev–Trinajstić information content (AvgIpc) is 2.47. The maximum absolute atomic E-state index is 12.5. The molecule has 2 aromatic carbocycles. The van der Waals surface area contributed by atoms with Crippen LogP contribution in [0.5, 0.6) is 0 Å². The minimum absolute atomic E-state index is 0.364. The second-order valence-corrected chi connectivity index (χ2v) is 4.20. The topological polar surface area (TPSA) is 97.1 Å². The van der Waals surface area contributed by atoms with Crippen molar-refractivity contribution < 1.29 is 4.79 Å². The van der Waals surface area contributed by atoms with Gasteiger partial charge in [0.2, 0.25) is 0 Å². The maximum Gasteiger partial charge on any atom is 0.274 e. The predicted octanol–water partition coefficient (Wildman–Crippen LogP) is 2.47. The number of rotatable bonds is 3. The van der Waals surface area contributed by atoms with Crippen LogP contribution in [0.3, 0.4) is 0 Å². The Hall–Kier alpha value is -2.73. The van der Waals surface area contributed by atoms with Crippen LogP contribution in [0.25, 0.3) is 0 Å². The Bertz CT molecular complexity index is 639. The minimum Gasteiger partial charge on any atom is -0.305 e. The predicted molar refractivity (Wildman–Crippen MR) is 77.3 cm³/mol. The van der Waals surface area contributed by atoms with Crippen molar-refractivity contribution >= 4 is 17.3 Å². The monoisotopic (exact) mass is 269 g/mol. The summed E-state index contributed by atoms with van der Waals surface area (Å²) in [5.74, 6) is 10.6. The van der Waals surface area contributed by atoms with E-state index >= 15 is 0 Å². The van der Waals surface area contributed by atoms with Crippen molar-refractivity contribution in [3.63, 3.8) is 0 Å². The zero-order valence-corrected chi connectivity index (χ0v) is 11.0. The largest absolute Gasteiger partial charge is 0.305 e. The number of carbonyl (C=O) groups is 1. The second kappa shape index (κ2) is 5.94. The van der Waals surface area contributed by atoms with Gasteiger partial charge >= 0.3 is 0 Å². The summed E-state index contributed by atoms with van der Waals surface area (Å²) in [5.41, 5.74) is 2.12. The number of para-hydroxylation sites is 1. The molecule has 0 aromatic heterocycles. The summed E-state index contributed by atoms with van der Waals surface area (Å²) in [6, 6.07) is 14.2. The van der Waals surface area contributed by atoms with Gasteiger partial charge < -0.3 is 5.84 Å². The molecule has 0 aliphatic rings. The lowest BCUT2D eigenvalue weighted by atomic mass is 10.1. The number of benzene rings is 2. The highest BCUT2D eigenvalue weighted by atomic mass is 16.2. The summed E-state index contributed by atoms with van der Waals surface area (Å²) in [5, 5.41) is 8.08. The lowest BCUT2D eigenvalue weighted by molar-refractivity contribution is 0.0987. The van der Waals surface area contributed by atoms with Crippen molar-refractivity contribution in [2.75, 3.05) is 5.01 Å². The standard InChI is InChI=1S/C14H15N5O/c1-10-6-5-9-12(17-18-15)13(10)14(20)19(16)11-7-3-2-4-8-11/h2-9H,16H2,1H3,(H2,15,17). The molecule has 0 spiro atoms. The molecule has 0 aliphatic heterocycles. The van der Waals surface area contributed by atoms with Crippen LogP contribution in [0.1, 0.15) is 15.9 Å². The molecule has 0 saturated heterocycles. The summed E-state index contributed by atoms with van der Waals surface area (Å²) < 4.78 is 0. The fourth-order valence-corrected chi connectivity index (χ4v) is 1.90. The summed E-state index contributed by atoms with van der Waals surface area (Å²) in [4.78, 5) is 12.5. The normalized spacial score (nSPS) is 10.7. The number of hydrazine groups is 1. The number of hydrogen-bond acceptors (Lipinski definition) is 4. The molecule has 2 rings (SSSR count). The van der Waals surface area contributed by atoms with Gasteiger partial charge in [-0.1, -0.05) is 35.6 Å². The maximum atomic E-state index is 12.5. The van der Waals surface area contributed by atoms with Crippen LogP contribution < -0.4 is 16.7 Å². The first kappa shape index (κ1) is 13.7. The zero-order valence-electron chi connectivity index (χ0n) is 11.0. The molecule has 4 N–H and O–H groups in total. The van der Waals surface area contributed by atoms with Crippen LogP contribution in [0, 0.1) is 6.92 Å². The Labute approximate surface area is 116 Å². The van der Waals surface area contributed by atoms with Crippen molar-refractivity contribution in [1.82, 2.24) is 0 Å². The Morgan fingerprint density at radius 2 is 1.80 bits per heavy atom. The third-order valence-corrected chi connectivity index (χ3v) is 2.88. The molecule has 0 atom stereocenters. The van der Waals surface area contributed by atoms with Crippen LogP contribution in [0.2, 0.25) is 0 Å². The number of hydrogen-bond donors (Lipinski definition) is 2. The third-order valence-electron chi connectivity index (χ3n) is 2.88. The lowest BCUT2D eigenvalue weighted by Crippen LogP contribution is -2.37. The molecule has 102 valence electrons. The average molecular weight is 269 g/mol. The molecule has 0 unspecified atom stereocenters. The van der Waals surface area contributed by atoms with Crippen molar-refractivity contribution in [3.05, 3.63) is 59.7 Å². The molecule has 1 amide bonds. The van der Waals surface area contributed by atoms with Gasteiger partial charge in [-0.15, -0.1) is 5.11 Å². The quantitative estimate of drug-likeness (QED) is 0.387. The molecule has 20 heavy (non-hydrogen) atoms. The third kappa shape index (κ3) is 2.65. The van der Waals surface area contributed by atoms with Crippen molar-refractivity contribution in [2.45, 2.75) is 6.92 Å². The van der Waals surface area contributed by atoms with Crippen molar-refractivity contribution in [2.24, 2.45) is 22.0 Å². The number of aryl methyl sites for hydroxylation is 1. The Balaban J connectivity index is 2.44. The van der Waals surface area contributed by atoms with E-state index in [0.29, 0.717) is 16.9 Å². The summed E-state index contributed by atoms with van der Waals surface area (Å²) in [6.45, 7) is 1.81. The minimum atomic E-state index is -0.364. The van der Waals surface area contributed by atoms with Crippen LogP contribution in [-0.2, 0) is 0 Å². The summed E-state index contributed by atoms with van der Waals surface area (Å²) in [6.07, 6.45) is 0. The van der Waals surface area contributed by atoms with Gasteiger partial charge in [-0.25, -0.2) is 10.9 Å². The molecular weight excluding hydrogens is 254 g/mol. The highest BCUT2D eigenvalue weighted by Gasteiger charge is 2.20. The molecule has 6 nitrogen and oxygen atoms in total. The van der Waals surface area contributed by atoms with Crippen LogP contribution in [0.4, 0.5) is 11.4 Å².